The molecule has 0 saturated heterocycles. The molecule has 158 valence electrons. The number of allylic oxidation sites excluding steroid dienone is 1. The first-order chi connectivity index (χ1) is 14.4. The molecule has 1 heterocycles. The van der Waals surface area contributed by atoms with Crippen molar-refractivity contribution in [3.8, 4) is 5.75 Å². The van der Waals surface area contributed by atoms with Gasteiger partial charge in [-0.15, -0.1) is 0 Å². The minimum atomic E-state index is -0.432. The van der Waals surface area contributed by atoms with Gasteiger partial charge >= 0.3 is 0 Å². The molecular weight excluding hydrogens is 462 g/mol. The molecule has 3 N–H and O–H groups in total. The summed E-state index contributed by atoms with van der Waals surface area (Å²) in [7, 11) is 0. The third-order valence-corrected chi connectivity index (χ3v) is 5.57. The summed E-state index contributed by atoms with van der Waals surface area (Å²) in [4.78, 5) is 13.3. The highest BCUT2D eigenvalue weighted by Crippen LogP contribution is 2.35. The molecule has 0 spiro atoms. The second kappa shape index (κ2) is 10.1. The van der Waals surface area contributed by atoms with Gasteiger partial charge in [0.05, 0.1) is 18.2 Å². The van der Waals surface area contributed by atoms with E-state index in [9.17, 15) is 4.79 Å². The van der Waals surface area contributed by atoms with Crippen LogP contribution in [0.1, 0.15) is 43.9 Å². The number of rotatable bonds is 7. The van der Waals surface area contributed by atoms with Crippen molar-refractivity contribution in [2.24, 2.45) is 0 Å². The van der Waals surface area contributed by atoms with Crippen LogP contribution in [0.3, 0.4) is 0 Å². The summed E-state index contributed by atoms with van der Waals surface area (Å²) in [5, 5.41) is 9.80. The van der Waals surface area contributed by atoms with Gasteiger partial charge in [0.15, 0.2) is 5.11 Å². The zero-order valence-corrected chi connectivity index (χ0v) is 19.7. The topological polar surface area (TPSA) is 62.4 Å². The zero-order chi connectivity index (χ0) is 21.7. The van der Waals surface area contributed by atoms with Crippen molar-refractivity contribution < 1.29 is 9.53 Å². The molecule has 30 heavy (non-hydrogen) atoms. The molecule has 5 nitrogen and oxygen atoms in total. The number of carbonyl (C=O) groups is 1. The van der Waals surface area contributed by atoms with E-state index in [0.29, 0.717) is 23.0 Å². The normalized spacial score (nSPS) is 16.0. The fourth-order valence-electron chi connectivity index (χ4n) is 3.27. The van der Waals surface area contributed by atoms with E-state index in [1.807, 2.05) is 56.3 Å². The van der Waals surface area contributed by atoms with Gasteiger partial charge in [-0.05, 0) is 62.8 Å². The first-order valence-corrected chi connectivity index (χ1v) is 11.2. The van der Waals surface area contributed by atoms with E-state index in [2.05, 4.69) is 38.8 Å². The monoisotopic (exact) mass is 487 g/mol. The van der Waals surface area contributed by atoms with Gasteiger partial charge in [-0.2, -0.15) is 0 Å². The lowest BCUT2D eigenvalue weighted by Crippen LogP contribution is -2.45. The lowest BCUT2D eigenvalue weighted by atomic mass is 9.94. The first-order valence-electron chi connectivity index (χ1n) is 9.97. The molecule has 1 unspecified atom stereocenters. The van der Waals surface area contributed by atoms with Gasteiger partial charge in [-0.3, -0.25) is 4.79 Å². The molecule has 0 fully saturated rings. The first kappa shape index (κ1) is 22.3. The number of hydrogen-bond donors (Lipinski definition) is 3. The Labute approximate surface area is 191 Å². The number of anilines is 1. The van der Waals surface area contributed by atoms with Gasteiger partial charge in [0.25, 0.3) is 5.91 Å². The van der Waals surface area contributed by atoms with E-state index in [-0.39, 0.29) is 5.91 Å². The summed E-state index contributed by atoms with van der Waals surface area (Å²) < 4.78 is 6.94. The van der Waals surface area contributed by atoms with Crippen LogP contribution in [0.25, 0.3) is 0 Å². The number of unbranched alkanes of at least 4 members (excludes halogenated alkanes) is 1. The highest BCUT2D eigenvalue weighted by atomic mass is 79.9. The van der Waals surface area contributed by atoms with Gasteiger partial charge in [0.2, 0.25) is 0 Å². The van der Waals surface area contributed by atoms with Gasteiger partial charge in [0.1, 0.15) is 5.75 Å². The van der Waals surface area contributed by atoms with E-state index in [1.54, 1.807) is 0 Å². The molecule has 7 heteroatoms. The predicted molar refractivity (Wildman–Crippen MR) is 129 cm³/mol. The molecular formula is C23H26BrN3O2S. The van der Waals surface area contributed by atoms with Crippen molar-refractivity contribution in [1.29, 1.82) is 0 Å². The highest BCUT2D eigenvalue weighted by molar-refractivity contribution is 9.10. The van der Waals surface area contributed by atoms with E-state index < -0.39 is 6.04 Å². The average Bonchev–Trinajstić information content (AvgIpc) is 2.70. The highest BCUT2D eigenvalue weighted by Gasteiger charge is 2.32. The third kappa shape index (κ3) is 5.40. The summed E-state index contributed by atoms with van der Waals surface area (Å²) in [6, 6.07) is 13.1. The number of halogens is 1. The Kier molecular flexibility index (Phi) is 7.50. The third-order valence-electron chi connectivity index (χ3n) is 4.86. The van der Waals surface area contributed by atoms with Crippen LogP contribution in [0.5, 0.6) is 5.75 Å². The van der Waals surface area contributed by atoms with Gasteiger partial charge < -0.3 is 20.7 Å². The number of nitrogens with one attached hydrogen (secondary N) is 3. The molecule has 0 aromatic heterocycles. The molecule has 0 saturated carbocycles. The quantitative estimate of drug-likeness (QED) is 0.362. The van der Waals surface area contributed by atoms with Crippen molar-refractivity contribution in [3.63, 3.8) is 0 Å². The van der Waals surface area contributed by atoms with Crippen LogP contribution in [0.2, 0.25) is 0 Å². The van der Waals surface area contributed by atoms with Crippen LogP contribution in [0.15, 0.2) is 58.2 Å². The minimum Gasteiger partial charge on any atom is -0.493 e. The molecule has 1 aliphatic heterocycles. The maximum atomic E-state index is 13.3. The Hall–Kier alpha value is -2.38. The Bertz CT molecular complexity index is 973. The van der Waals surface area contributed by atoms with E-state index in [4.69, 9.17) is 17.0 Å². The van der Waals surface area contributed by atoms with Gasteiger partial charge in [-0.1, -0.05) is 47.0 Å². The summed E-state index contributed by atoms with van der Waals surface area (Å²) in [6.45, 7) is 6.61. The SMILES string of the molecule is CCCCOc1ccc(Br)cc1C1NC(=S)NC(C)=C1C(=O)Nc1ccc(C)cc1. The summed E-state index contributed by atoms with van der Waals surface area (Å²) in [5.74, 6) is 0.547. The zero-order valence-electron chi connectivity index (χ0n) is 17.3. The van der Waals surface area contributed by atoms with Gasteiger partial charge in [-0.25, -0.2) is 0 Å². The maximum absolute atomic E-state index is 13.3. The van der Waals surface area contributed by atoms with Crippen LogP contribution in [0, 0.1) is 6.92 Å². The standard InChI is InChI=1S/C23H26BrN3O2S/c1-4-5-12-29-19-11-8-16(24)13-18(19)21-20(15(3)25-23(30)27-21)22(28)26-17-9-6-14(2)7-10-17/h6-11,13,21H,4-5,12H2,1-3H3,(H,26,28)(H2,25,27,30). The Morgan fingerprint density at radius 3 is 2.63 bits per heavy atom. The van der Waals surface area contributed by atoms with Crippen molar-refractivity contribution >= 4 is 44.9 Å². The van der Waals surface area contributed by atoms with Crippen molar-refractivity contribution in [3.05, 3.63) is 69.3 Å². The molecule has 3 rings (SSSR count). The number of hydrogen-bond acceptors (Lipinski definition) is 3. The van der Waals surface area contributed by atoms with Crippen molar-refractivity contribution in [1.82, 2.24) is 10.6 Å². The fourth-order valence-corrected chi connectivity index (χ4v) is 3.92. The van der Waals surface area contributed by atoms with Crippen LogP contribution in [-0.2, 0) is 4.79 Å². The molecule has 0 bridgehead atoms. The number of ether oxygens (including phenoxy) is 1. The molecule has 1 aliphatic rings. The van der Waals surface area contributed by atoms with E-state index >= 15 is 0 Å². The molecule has 0 aliphatic carbocycles. The molecule has 0 radical (unpaired) electrons. The van der Waals surface area contributed by atoms with Crippen LogP contribution < -0.4 is 20.7 Å². The summed E-state index contributed by atoms with van der Waals surface area (Å²) in [6.07, 6.45) is 2.01. The number of aryl methyl sites for hydroxylation is 1. The lowest BCUT2D eigenvalue weighted by molar-refractivity contribution is -0.113. The van der Waals surface area contributed by atoms with Crippen molar-refractivity contribution in [2.75, 3.05) is 11.9 Å². The number of amides is 1. The number of thiocarbonyl (C=S) groups is 1. The van der Waals surface area contributed by atoms with E-state index in [1.165, 1.54) is 0 Å². The largest absolute Gasteiger partial charge is 0.493 e. The van der Waals surface area contributed by atoms with Crippen LogP contribution >= 0.6 is 28.1 Å². The molecule has 1 amide bonds. The lowest BCUT2D eigenvalue weighted by Gasteiger charge is -2.31. The predicted octanol–water partition coefficient (Wildman–Crippen LogP) is 5.37. The second-order valence-corrected chi connectivity index (χ2v) is 8.60. The maximum Gasteiger partial charge on any atom is 0.255 e. The average molecular weight is 488 g/mol. The minimum absolute atomic E-state index is 0.191. The Morgan fingerprint density at radius 1 is 1.20 bits per heavy atom. The summed E-state index contributed by atoms with van der Waals surface area (Å²) in [5.41, 5.74) is 4.02. The van der Waals surface area contributed by atoms with Crippen LogP contribution in [0.4, 0.5) is 5.69 Å². The van der Waals surface area contributed by atoms with Crippen molar-refractivity contribution in [2.45, 2.75) is 39.7 Å². The summed E-state index contributed by atoms with van der Waals surface area (Å²) >= 11 is 8.93. The Balaban J connectivity index is 1.96. The molecule has 1 atom stereocenters. The fraction of sp³-hybridized carbons (Fsp3) is 0.304. The van der Waals surface area contributed by atoms with Gasteiger partial charge in [0, 0.05) is 21.4 Å². The molecule has 2 aromatic carbocycles. The smallest absolute Gasteiger partial charge is 0.255 e. The second-order valence-electron chi connectivity index (χ2n) is 7.27. The molecule has 2 aromatic rings. The number of benzene rings is 2. The van der Waals surface area contributed by atoms with Crippen LogP contribution in [-0.4, -0.2) is 17.6 Å². The Morgan fingerprint density at radius 2 is 1.93 bits per heavy atom. The van der Waals surface area contributed by atoms with E-state index in [0.717, 1.165) is 39.9 Å². The number of carbonyl (C=O) groups excluding carboxylic acids is 1.